The van der Waals surface area contributed by atoms with Crippen LogP contribution in [0.5, 0.6) is 0 Å². The van der Waals surface area contributed by atoms with Crippen molar-refractivity contribution in [3.05, 3.63) is 0 Å². The second-order valence-electron chi connectivity index (χ2n) is 6.00. The van der Waals surface area contributed by atoms with Crippen LogP contribution in [0.15, 0.2) is 0 Å². The summed E-state index contributed by atoms with van der Waals surface area (Å²) in [5.74, 6) is 0.124. The lowest BCUT2D eigenvalue weighted by atomic mass is 10.0. The predicted molar refractivity (Wildman–Crippen MR) is 72.8 cm³/mol. The maximum absolute atomic E-state index is 12.1. The van der Waals surface area contributed by atoms with Gasteiger partial charge in [-0.05, 0) is 25.8 Å². The number of hydrogen-bond acceptors (Lipinski definition) is 4. The Kier molecular flexibility index (Phi) is 4.81. The first-order valence-corrected chi connectivity index (χ1v) is 7.32. The molecule has 1 spiro atoms. The van der Waals surface area contributed by atoms with Gasteiger partial charge in [-0.25, -0.2) is 0 Å². The quantitative estimate of drug-likeness (QED) is 0.827. The Morgan fingerprint density at radius 1 is 1.32 bits per heavy atom. The molecule has 0 aromatic carbocycles. The van der Waals surface area contributed by atoms with Crippen molar-refractivity contribution in [3.63, 3.8) is 0 Å². The van der Waals surface area contributed by atoms with E-state index in [4.69, 9.17) is 9.47 Å². The maximum Gasteiger partial charge on any atom is 0.237 e. The highest BCUT2D eigenvalue weighted by Crippen LogP contribution is 2.30. The highest BCUT2D eigenvalue weighted by molar-refractivity contribution is 5.81. The van der Waals surface area contributed by atoms with E-state index in [-0.39, 0.29) is 11.9 Å². The van der Waals surface area contributed by atoms with Gasteiger partial charge in [-0.1, -0.05) is 13.8 Å². The summed E-state index contributed by atoms with van der Waals surface area (Å²) < 4.78 is 11.5. The molecule has 0 radical (unpaired) electrons. The van der Waals surface area contributed by atoms with Gasteiger partial charge in [0.15, 0.2) is 5.79 Å². The number of nitrogens with one attached hydrogen (secondary N) is 1. The van der Waals surface area contributed by atoms with E-state index in [1.54, 1.807) is 0 Å². The Labute approximate surface area is 115 Å². The van der Waals surface area contributed by atoms with Gasteiger partial charge in [0.05, 0.1) is 25.8 Å². The SMILES string of the molecule is CC(C)CNC(=O)C(C)N1CCCC2(C1)OCCO2. The van der Waals surface area contributed by atoms with Crippen molar-refractivity contribution in [2.75, 3.05) is 32.8 Å². The molecule has 1 unspecified atom stereocenters. The molecule has 2 heterocycles. The second-order valence-corrected chi connectivity index (χ2v) is 6.00. The molecule has 2 rings (SSSR count). The first kappa shape index (κ1) is 14.8. The highest BCUT2D eigenvalue weighted by Gasteiger charge is 2.42. The fourth-order valence-electron chi connectivity index (χ4n) is 2.70. The number of ether oxygens (including phenoxy) is 2. The monoisotopic (exact) mass is 270 g/mol. The van der Waals surface area contributed by atoms with Crippen molar-refractivity contribution in [1.82, 2.24) is 10.2 Å². The standard InChI is InChI=1S/C14H26N2O3/c1-11(2)9-15-13(17)12(3)16-6-4-5-14(10-16)18-7-8-19-14/h11-12H,4-10H2,1-3H3,(H,15,17). The average Bonchev–Trinajstić information content (AvgIpc) is 2.83. The van der Waals surface area contributed by atoms with Crippen molar-refractivity contribution in [1.29, 1.82) is 0 Å². The lowest BCUT2D eigenvalue weighted by molar-refractivity contribution is -0.193. The summed E-state index contributed by atoms with van der Waals surface area (Å²) >= 11 is 0. The molecule has 0 aromatic heterocycles. The third-order valence-corrected chi connectivity index (χ3v) is 3.87. The molecule has 0 saturated carbocycles. The lowest BCUT2D eigenvalue weighted by Gasteiger charge is -2.40. The van der Waals surface area contributed by atoms with E-state index in [1.807, 2.05) is 6.92 Å². The van der Waals surface area contributed by atoms with E-state index in [0.717, 1.165) is 25.9 Å². The van der Waals surface area contributed by atoms with Crippen LogP contribution in [0.2, 0.25) is 0 Å². The third-order valence-electron chi connectivity index (χ3n) is 3.87. The minimum atomic E-state index is -0.454. The summed E-state index contributed by atoms with van der Waals surface area (Å²) in [6.45, 7) is 9.86. The van der Waals surface area contributed by atoms with Crippen LogP contribution in [0.4, 0.5) is 0 Å². The normalized spacial score (nSPS) is 24.8. The van der Waals surface area contributed by atoms with Crippen LogP contribution in [0.1, 0.15) is 33.6 Å². The van der Waals surface area contributed by atoms with Crippen LogP contribution in [-0.4, -0.2) is 55.5 Å². The third kappa shape index (κ3) is 3.68. The molecule has 2 fully saturated rings. The molecule has 2 saturated heterocycles. The Morgan fingerprint density at radius 3 is 2.63 bits per heavy atom. The molecule has 1 atom stereocenters. The summed E-state index contributed by atoms with van der Waals surface area (Å²) in [6.07, 6.45) is 1.95. The summed E-state index contributed by atoms with van der Waals surface area (Å²) in [5, 5.41) is 3.00. The van der Waals surface area contributed by atoms with E-state index in [2.05, 4.69) is 24.1 Å². The van der Waals surface area contributed by atoms with Crippen molar-refractivity contribution in [2.24, 2.45) is 5.92 Å². The number of hydrogen-bond donors (Lipinski definition) is 1. The van der Waals surface area contributed by atoms with Crippen LogP contribution >= 0.6 is 0 Å². The van der Waals surface area contributed by atoms with Crippen LogP contribution < -0.4 is 5.32 Å². The molecule has 19 heavy (non-hydrogen) atoms. The zero-order chi connectivity index (χ0) is 13.9. The number of rotatable bonds is 4. The van der Waals surface area contributed by atoms with Gasteiger partial charge in [0.1, 0.15) is 0 Å². The Morgan fingerprint density at radius 2 is 2.00 bits per heavy atom. The highest BCUT2D eigenvalue weighted by atomic mass is 16.7. The van der Waals surface area contributed by atoms with Crippen LogP contribution in [0.3, 0.4) is 0 Å². The molecule has 0 bridgehead atoms. The number of amides is 1. The van der Waals surface area contributed by atoms with Gasteiger partial charge in [-0.3, -0.25) is 9.69 Å². The fraction of sp³-hybridized carbons (Fsp3) is 0.929. The van der Waals surface area contributed by atoms with Gasteiger partial charge in [0, 0.05) is 13.0 Å². The number of carbonyl (C=O) groups is 1. The lowest BCUT2D eigenvalue weighted by Crippen LogP contribution is -2.55. The van der Waals surface area contributed by atoms with Gasteiger partial charge in [-0.2, -0.15) is 0 Å². The van der Waals surface area contributed by atoms with E-state index in [0.29, 0.717) is 25.7 Å². The molecule has 1 N–H and O–H groups in total. The fourth-order valence-corrected chi connectivity index (χ4v) is 2.70. The van der Waals surface area contributed by atoms with E-state index < -0.39 is 5.79 Å². The van der Waals surface area contributed by atoms with Crippen molar-refractivity contribution in [2.45, 2.75) is 45.4 Å². The molecule has 2 aliphatic rings. The predicted octanol–water partition coefficient (Wildman–Crippen LogP) is 0.986. The van der Waals surface area contributed by atoms with Gasteiger partial charge in [-0.15, -0.1) is 0 Å². The molecule has 110 valence electrons. The second kappa shape index (κ2) is 6.20. The van der Waals surface area contributed by atoms with Gasteiger partial charge in [0.25, 0.3) is 0 Å². The van der Waals surface area contributed by atoms with Gasteiger partial charge < -0.3 is 14.8 Å². The molecule has 5 nitrogen and oxygen atoms in total. The van der Waals surface area contributed by atoms with E-state index >= 15 is 0 Å². The number of nitrogens with zero attached hydrogens (tertiary/aromatic N) is 1. The van der Waals surface area contributed by atoms with Crippen LogP contribution in [0.25, 0.3) is 0 Å². The number of likely N-dealkylation sites (tertiary alicyclic amines) is 1. The van der Waals surface area contributed by atoms with E-state index in [1.165, 1.54) is 0 Å². The minimum Gasteiger partial charge on any atom is -0.354 e. The topological polar surface area (TPSA) is 50.8 Å². The zero-order valence-corrected chi connectivity index (χ0v) is 12.3. The number of piperidine rings is 1. The molecule has 2 aliphatic heterocycles. The number of carbonyl (C=O) groups excluding carboxylic acids is 1. The summed E-state index contributed by atoms with van der Waals surface area (Å²) in [7, 11) is 0. The van der Waals surface area contributed by atoms with Crippen LogP contribution in [0, 0.1) is 5.92 Å². The summed E-state index contributed by atoms with van der Waals surface area (Å²) in [5.41, 5.74) is 0. The first-order chi connectivity index (χ1) is 9.02. The first-order valence-electron chi connectivity index (χ1n) is 7.32. The zero-order valence-electron chi connectivity index (χ0n) is 12.3. The molecule has 5 heteroatoms. The van der Waals surface area contributed by atoms with Crippen LogP contribution in [-0.2, 0) is 14.3 Å². The average molecular weight is 270 g/mol. The Bertz CT molecular complexity index is 314. The maximum atomic E-state index is 12.1. The Balaban J connectivity index is 1.87. The molecular formula is C14H26N2O3. The van der Waals surface area contributed by atoms with Crippen molar-refractivity contribution in [3.8, 4) is 0 Å². The summed E-state index contributed by atoms with van der Waals surface area (Å²) in [6, 6.07) is -0.122. The molecule has 0 aromatic rings. The largest absolute Gasteiger partial charge is 0.354 e. The smallest absolute Gasteiger partial charge is 0.237 e. The minimum absolute atomic E-state index is 0.101. The van der Waals surface area contributed by atoms with Gasteiger partial charge in [0.2, 0.25) is 5.91 Å². The molecular weight excluding hydrogens is 244 g/mol. The van der Waals surface area contributed by atoms with Crippen molar-refractivity contribution < 1.29 is 14.3 Å². The van der Waals surface area contributed by atoms with E-state index in [9.17, 15) is 4.79 Å². The molecule has 0 aliphatic carbocycles. The molecule has 1 amide bonds. The van der Waals surface area contributed by atoms with Gasteiger partial charge >= 0.3 is 0 Å². The summed E-state index contributed by atoms with van der Waals surface area (Å²) in [4.78, 5) is 14.3. The van der Waals surface area contributed by atoms with Crippen molar-refractivity contribution >= 4 is 5.91 Å². The Hall–Kier alpha value is -0.650.